The van der Waals surface area contributed by atoms with Crippen molar-refractivity contribution in [1.82, 2.24) is 20.3 Å². The van der Waals surface area contributed by atoms with Gasteiger partial charge in [-0.3, -0.25) is 9.78 Å². The first-order chi connectivity index (χ1) is 17.9. The molecule has 190 valence electrons. The average molecular weight is 498 g/mol. The topological polar surface area (TPSA) is 100 Å². The van der Waals surface area contributed by atoms with Gasteiger partial charge in [0.2, 0.25) is 0 Å². The van der Waals surface area contributed by atoms with Gasteiger partial charge in [0, 0.05) is 30.2 Å². The van der Waals surface area contributed by atoms with Crippen LogP contribution < -0.4 is 10.2 Å². The summed E-state index contributed by atoms with van der Waals surface area (Å²) in [5.41, 5.74) is 4.26. The van der Waals surface area contributed by atoms with E-state index in [4.69, 9.17) is 14.7 Å². The number of carbonyl (C=O) groups is 1. The maximum absolute atomic E-state index is 12.6. The van der Waals surface area contributed by atoms with Crippen molar-refractivity contribution in [2.24, 2.45) is 0 Å². The van der Waals surface area contributed by atoms with Crippen molar-refractivity contribution in [3.8, 4) is 11.4 Å². The van der Waals surface area contributed by atoms with Crippen molar-refractivity contribution < 1.29 is 14.6 Å². The number of pyridine rings is 3. The molecule has 1 aliphatic heterocycles. The van der Waals surface area contributed by atoms with Gasteiger partial charge in [0.1, 0.15) is 5.82 Å². The molecule has 4 aromatic rings. The zero-order chi connectivity index (χ0) is 25.9. The normalized spacial score (nSPS) is 18.5. The molecule has 1 saturated heterocycles. The van der Waals surface area contributed by atoms with E-state index in [2.05, 4.69) is 29.0 Å². The second kappa shape index (κ2) is 10.6. The lowest BCUT2D eigenvalue weighted by Gasteiger charge is -2.36. The number of ether oxygens (including phenoxy) is 1. The summed E-state index contributed by atoms with van der Waals surface area (Å²) in [7, 11) is 0. The molecule has 1 amide bonds. The Hall–Kier alpha value is -3.88. The van der Waals surface area contributed by atoms with E-state index in [1.807, 2.05) is 36.4 Å². The van der Waals surface area contributed by atoms with Crippen LogP contribution >= 0.6 is 0 Å². The first kappa shape index (κ1) is 24.8. The number of aromatic nitrogens is 3. The Morgan fingerprint density at radius 2 is 1.81 bits per heavy atom. The number of carbonyl (C=O) groups excluding carboxylic acids is 1. The Labute approximate surface area is 216 Å². The van der Waals surface area contributed by atoms with Crippen molar-refractivity contribution in [3.63, 3.8) is 0 Å². The zero-order valence-electron chi connectivity index (χ0n) is 21.3. The highest BCUT2D eigenvalue weighted by atomic mass is 16.5. The van der Waals surface area contributed by atoms with E-state index in [1.54, 1.807) is 37.4 Å². The van der Waals surface area contributed by atoms with Gasteiger partial charge in [-0.25, -0.2) is 9.97 Å². The molecule has 1 aliphatic rings. The Kier molecular flexibility index (Phi) is 7.12. The van der Waals surface area contributed by atoms with Gasteiger partial charge in [0.15, 0.2) is 0 Å². The number of nitrogens with one attached hydrogen (secondary N) is 1. The number of benzene rings is 1. The van der Waals surface area contributed by atoms with Crippen molar-refractivity contribution in [3.05, 3.63) is 83.7 Å². The van der Waals surface area contributed by atoms with Gasteiger partial charge in [0.05, 0.1) is 47.5 Å². The lowest BCUT2D eigenvalue weighted by molar-refractivity contribution is -0.00545. The molecule has 2 N–H and O–H groups in total. The average Bonchev–Trinajstić information content (AvgIpc) is 2.91. The maximum Gasteiger partial charge on any atom is 0.251 e. The second-order valence-electron chi connectivity index (χ2n) is 9.59. The van der Waals surface area contributed by atoms with E-state index in [-0.39, 0.29) is 24.7 Å². The summed E-state index contributed by atoms with van der Waals surface area (Å²) in [4.78, 5) is 29.1. The van der Waals surface area contributed by atoms with E-state index in [0.29, 0.717) is 16.8 Å². The summed E-state index contributed by atoms with van der Waals surface area (Å²) in [5.74, 6) is 0.693. The summed E-state index contributed by atoms with van der Waals surface area (Å²) in [6.07, 6.45) is 1.44. The molecule has 8 nitrogen and oxygen atoms in total. The van der Waals surface area contributed by atoms with Gasteiger partial charge in [-0.1, -0.05) is 18.2 Å². The first-order valence-electron chi connectivity index (χ1n) is 12.6. The summed E-state index contributed by atoms with van der Waals surface area (Å²) in [6, 6.07) is 18.8. The van der Waals surface area contributed by atoms with Gasteiger partial charge in [-0.05, 0) is 68.8 Å². The molecule has 4 heterocycles. The van der Waals surface area contributed by atoms with Crippen LogP contribution in [0.4, 0.5) is 5.82 Å². The monoisotopic (exact) mass is 497 g/mol. The van der Waals surface area contributed by atoms with Crippen LogP contribution in [0.5, 0.6) is 0 Å². The summed E-state index contributed by atoms with van der Waals surface area (Å²) in [6.45, 7) is 7.70. The number of nitrogens with zero attached hydrogens (tertiary/aromatic N) is 4. The van der Waals surface area contributed by atoms with Crippen molar-refractivity contribution in [2.45, 2.75) is 45.6 Å². The standard InChI is InChI=1S/C29H31N5O3/c1-18-16-34(17-19(2)37-18)28-9-5-8-25(33-28)26-11-10-23-14-30-24(13-27(23)32-26)15-31-29(36)22-7-4-6-21(12-22)20(3)35/h4-14,18-20,35H,15-17H2,1-3H3,(H,31,36)/t18-,19+,20?. The molecule has 0 saturated carbocycles. The minimum Gasteiger partial charge on any atom is -0.389 e. The molecule has 0 aliphatic carbocycles. The van der Waals surface area contributed by atoms with Crippen LogP contribution in [0.3, 0.4) is 0 Å². The SMILES string of the molecule is CC(O)c1cccc(C(=O)NCc2cc3nc(-c4cccc(N5C[C@@H](C)O[C@@H](C)C5)n4)ccc3cn2)c1. The molecule has 37 heavy (non-hydrogen) atoms. The van der Waals surface area contributed by atoms with Crippen molar-refractivity contribution in [1.29, 1.82) is 0 Å². The van der Waals surface area contributed by atoms with Crippen LogP contribution in [0, 0.1) is 0 Å². The van der Waals surface area contributed by atoms with E-state index in [1.165, 1.54) is 0 Å². The third-order valence-electron chi connectivity index (χ3n) is 6.43. The number of hydrogen-bond donors (Lipinski definition) is 2. The molecule has 0 bridgehead atoms. The van der Waals surface area contributed by atoms with Crippen LogP contribution in [0.1, 0.15) is 48.5 Å². The first-order valence-corrected chi connectivity index (χ1v) is 12.6. The van der Waals surface area contributed by atoms with E-state index in [0.717, 1.165) is 41.2 Å². The Morgan fingerprint density at radius 3 is 2.59 bits per heavy atom. The van der Waals surface area contributed by atoms with Crippen LogP contribution in [0.15, 0.2) is 66.9 Å². The third-order valence-corrected chi connectivity index (χ3v) is 6.43. The molecule has 1 fully saturated rings. The fraction of sp³-hybridized carbons (Fsp3) is 0.310. The fourth-order valence-electron chi connectivity index (χ4n) is 4.62. The lowest BCUT2D eigenvalue weighted by Crippen LogP contribution is -2.45. The number of rotatable bonds is 6. The predicted octanol–water partition coefficient (Wildman–Crippen LogP) is 4.29. The molecule has 3 atom stereocenters. The van der Waals surface area contributed by atoms with Gasteiger partial charge < -0.3 is 20.1 Å². The molecule has 5 rings (SSSR count). The molecule has 8 heteroatoms. The molecular formula is C29H31N5O3. The predicted molar refractivity (Wildman–Crippen MR) is 143 cm³/mol. The van der Waals surface area contributed by atoms with Crippen molar-refractivity contribution in [2.75, 3.05) is 18.0 Å². The lowest BCUT2D eigenvalue weighted by atomic mass is 10.1. The van der Waals surface area contributed by atoms with E-state index < -0.39 is 6.10 Å². The summed E-state index contributed by atoms with van der Waals surface area (Å²) < 4.78 is 5.86. The number of fused-ring (bicyclic) bond motifs is 1. The maximum atomic E-state index is 12.6. The Bertz CT molecular complexity index is 1410. The minimum absolute atomic E-state index is 0.154. The highest BCUT2D eigenvalue weighted by molar-refractivity contribution is 5.94. The van der Waals surface area contributed by atoms with Crippen LogP contribution in [0.2, 0.25) is 0 Å². The molecule has 0 radical (unpaired) electrons. The van der Waals surface area contributed by atoms with Gasteiger partial charge in [-0.2, -0.15) is 0 Å². The third kappa shape index (κ3) is 5.76. The van der Waals surface area contributed by atoms with Crippen LogP contribution in [0.25, 0.3) is 22.3 Å². The molecular weight excluding hydrogens is 466 g/mol. The number of aliphatic hydroxyl groups excluding tert-OH is 1. The quantitative estimate of drug-likeness (QED) is 0.410. The van der Waals surface area contributed by atoms with Crippen molar-refractivity contribution >= 4 is 22.6 Å². The molecule has 1 aromatic carbocycles. The number of morpholine rings is 1. The number of aliphatic hydroxyl groups is 1. The van der Waals surface area contributed by atoms with Crippen LogP contribution in [-0.2, 0) is 11.3 Å². The highest BCUT2D eigenvalue weighted by Gasteiger charge is 2.23. The molecule has 3 aromatic heterocycles. The van der Waals surface area contributed by atoms with Gasteiger partial charge in [-0.15, -0.1) is 0 Å². The van der Waals surface area contributed by atoms with Crippen LogP contribution in [-0.4, -0.2) is 51.3 Å². The minimum atomic E-state index is -0.633. The summed E-state index contributed by atoms with van der Waals surface area (Å²) >= 11 is 0. The number of amides is 1. The molecule has 0 spiro atoms. The second-order valence-corrected chi connectivity index (χ2v) is 9.59. The smallest absolute Gasteiger partial charge is 0.251 e. The Balaban J connectivity index is 1.33. The number of anilines is 1. The van der Waals surface area contributed by atoms with E-state index in [9.17, 15) is 9.90 Å². The largest absolute Gasteiger partial charge is 0.389 e. The summed E-state index contributed by atoms with van der Waals surface area (Å²) in [5, 5.41) is 13.6. The fourth-order valence-corrected chi connectivity index (χ4v) is 4.62. The van der Waals surface area contributed by atoms with Gasteiger partial charge >= 0.3 is 0 Å². The Morgan fingerprint density at radius 1 is 1.05 bits per heavy atom. The van der Waals surface area contributed by atoms with Gasteiger partial charge in [0.25, 0.3) is 5.91 Å². The highest BCUT2D eigenvalue weighted by Crippen LogP contribution is 2.24. The molecule has 1 unspecified atom stereocenters. The number of hydrogen-bond acceptors (Lipinski definition) is 7. The zero-order valence-corrected chi connectivity index (χ0v) is 21.3. The van der Waals surface area contributed by atoms with E-state index >= 15 is 0 Å².